The number of hydrazine groups is 1. The minimum absolute atomic E-state index is 0.297. The number of rotatable bonds is 8. The van der Waals surface area contributed by atoms with Gasteiger partial charge in [0.2, 0.25) is 11.9 Å². The van der Waals surface area contributed by atoms with E-state index in [1.54, 1.807) is 11.8 Å². The fourth-order valence-electron chi connectivity index (χ4n) is 1.17. The van der Waals surface area contributed by atoms with Crippen molar-refractivity contribution in [3.8, 4) is 6.01 Å². The first-order valence-electron chi connectivity index (χ1n) is 5.76. The molecule has 18 heavy (non-hydrogen) atoms. The van der Waals surface area contributed by atoms with Crippen molar-refractivity contribution >= 4 is 23.7 Å². The molecule has 102 valence electrons. The lowest BCUT2D eigenvalue weighted by molar-refractivity contribution is 0.292. The van der Waals surface area contributed by atoms with Crippen LogP contribution in [-0.4, -0.2) is 47.2 Å². The molecule has 0 bridgehead atoms. The molecule has 7 nitrogen and oxygen atoms in total. The Labute approximate surface area is 112 Å². The number of hydrogen-bond acceptors (Lipinski definition) is 8. The first kappa shape index (κ1) is 14.8. The van der Waals surface area contributed by atoms with Gasteiger partial charge in [-0.25, -0.2) is 5.84 Å². The van der Waals surface area contributed by atoms with Gasteiger partial charge in [-0.15, -0.1) is 0 Å². The molecule has 0 aliphatic rings. The van der Waals surface area contributed by atoms with Gasteiger partial charge in [-0.05, 0) is 12.7 Å². The highest BCUT2D eigenvalue weighted by Crippen LogP contribution is 2.13. The topological polar surface area (TPSA) is 89.2 Å². The average molecular weight is 272 g/mol. The highest BCUT2D eigenvalue weighted by atomic mass is 32.2. The van der Waals surface area contributed by atoms with Crippen LogP contribution in [0.1, 0.15) is 13.3 Å². The molecular formula is C10H20N6OS. The number of nitrogen functional groups attached to an aromatic ring is 1. The summed E-state index contributed by atoms with van der Waals surface area (Å²) in [6.45, 7) is 3.44. The van der Waals surface area contributed by atoms with Crippen molar-refractivity contribution in [2.75, 3.05) is 42.5 Å². The molecular weight excluding hydrogens is 252 g/mol. The van der Waals surface area contributed by atoms with Gasteiger partial charge < -0.3 is 9.64 Å². The molecule has 0 radical (unpaired) electrons. The van der Waals surface area contributed by atoms with Crippen LogP contribution in [0.3, 0.4) is 0 Å². The van der Waals surface area contributed by atoms with E-state index in [-0.39, 0.29) is 0 Å². The molecule has 3 N–H and O–H groups in total. The van der Waals surface area contributed by atoms with Gasteiger partial charge in [0.05, 0.1) is 6.61 Å². The maximum atomic E-state index is 5.40. The molecule has 0 spiro atoms. The molecule has 0 amide bonds. The van der Waals surface area contributed by atoms with Crippen LogP contribution in [0.25, 0.3) is 0 Å². The summed E-state index contributed by atoms with van der Waals surface area (Å²) in [4.78, 5) is 14.4. The van der Waals surface area contributed by atoms with Crippen molar-refractivity contribution in [1.82, 2.24) is 15.0 Å². The molecule has 0 aliphatic carbocycles. The molecule has 1 rings (SSSR count). The van der Waals surface area contributed by atoms with Crippen LogP contribution >= 0.6 is 11.8 Å². The molecule has 1 heterocycles. The van der Waals surface area contributed by atoms with Gasteiger partial charge in [0.25, 0.3) is 0 Å². The van der Waals surface area contributed by atoms with Gasteiger partial charge >= 0.3 is 6.01 Å². The molecule has 1 aromatic rings. The number of nitrogens with one attached hydrogen (secondary N) is 1. The number of nitrogens with zero attached hydrogens (tertiary/aromatic N) is 4. The quantitative estimate of drug-likeness (QED) is 0.529. The van der Waals surface area contributed by atoms with Crippen LogP contribution in [0.4, 0.5) is 11.9 Å². The second kappa shape index (κ2) is 7.93. The number of nitrogens with two attached hydrogens (primary N) is 1. The third kappa shape index (κ3) is 4.53. The molecule has 1 aromatic heterocycles. The third-order valence-electron chi connectivity index (χ3n) is 2.14. The summed E-state index contributed by atoms with van der Waals surface area (Å²) in [5.41, 5.74) is 2.42. The van der Waals surface area contributed by atoms with Crippen LogP contribution in [0.15, 0.2) is 0 Å². The second-order valence-corrected chi connectivity index (χ2v) is 4.63. The smallest absolute Gasteiger partial charge is 0.323 e. The summed E-state index contributed by atoms with van der Waals surface area (Å²) in [7, 11) is 1.93. The fraction of sp³-hybridized carbons (Fsp3) is 0.700. The van der Waals surface area contributed by atoms with E-state index >= 15 is 0 Å². The maximum Gasteiger partial charge on any atom is 0.323 e. The Kier molecular flexibility index (Phi) is 6.51. The van der Waals surface area contributed by atoms with Crippen LogP contribution in [0.5, 0.6) is 6.01 Å². The highest BCUT2D eigenvalue weighted by molar-refractivity contribution is 7.98. The predicted molar refractivity (Wildman–Crippen MR) is 75.1 cm³/mol. The zero-order valence-corrected chi connectivity index (χ0v) is 11.8. The summed E-state index contributed by atoms with van der Waals surface area (Å²) < 4.78 is 5.40. The van der Waals surface area contributed by atoms with Crippen molar-refractivity contribution in [3.05, 3.63) is 0 Å². The summed E-state index contributed by atoms with van der Waals surface area (Å²) in [5, 5.41) is 0. The first-order chi connectivity index (χ1) is 8.71. The van der Waals surface area contributed by atoms with Gasteiger partial charge in [-0.3, -0.25) is 5.43 Å². The Hall–Kier alpha value is -1.28. The predicted octanol–water partition coefficient (Wildman–Crippen LogP) is 0.745. The van der Waals surface area contributed by atoms with Gasteiger partial charge in [-0.2, -0.15) is 26.7 Å². The van der Waals surface area contributed by atoms with Gasteiger partial charge in [0.1, 0.15) is 0 Å². The molecule has 0 aromatic carbocycles. The summed E-state index contributed by atoms with van der Waals surface area (Å²) in [5.74, 6) is 7.20. The molecule has 0 atom stereocenters. The van der Waals surface area contributed by atoms with Crippen LogP contribution in [0, 0.1) is 0 Å². The van der Waals surface area contributed by atoms with E-state index in [2.05, 4.69) is 26.6 Å². The Balaban J connectivity index is 2.81. The Bertz CT molecular complexity index is 364. The van der Waals surface area contributed by atoms with Gasteiger partial charge in [0, 0.05) is 19.3 Å². The number of ether oxygens (including phenoxy) is 1. The van der Waals surface area contributed by atoms with E-state index in [1.165, 1.54) is 0 Å². The summed E-state index contributed by atoms with van der Waals surface area (Å²) >= 11 is 1.77. The zero-order valence-electron chi connectivity index (χ0n) is 11.0. The zero-order chi connectivity index (χ0) is 13.4. The van der Waals surface area contributed by atoms with Crippen LogP contribution < -0.4 is 20.9 Å². The molecule has 0 fully saturated rings. The van der Waals surface area contributed by atoms with E-state index in [1.807, 2.05) is 18.9 Å². The van der Waals surface area contributed by atoms with Crippen molar-refractivity contribution in [1.29, 1.82) is 0 Å². The minimum Gasteiger partial charge on any atom is -0.463 e. The van der Waals surface area contributed by atoms with Crippen LogP contribution in [-0.2, 0) is 0 Å². The Morgan fingerprint density at radius 2 is 2.17 bits per heavy atom. The Morgan fingerprint density at radius 1 is 1.39 bits per heavy atom. The number of aromatic nitrogens is 3. The summed E-state index contributed by atoms with van der Waals surface area (Å²) in [6, 6.07) is 0.297. The van der Waals surface area contributed by atoms with Crippen LogP contribution in [0.2, 0.25) is 0 Å². The molecule has 8 heteroatoms. The highest BCUT2D eigenvalue weighted by Gasteiger charge is 2.10. The number of hydrogen-bond donors (Lipinski definition) is 2. The lowest BCUT2D eigenvalue weighted by Gasteiger charge is -2.17. The SMILES string of the molecule is CCCOc1nc(NN)nc(N(C)CCSC)n1. The maximum absolute atomic E-state index is 5.40. The molecule has 0 unspecified atom stereocenters. The van der Waals surface area contributed by atoms with Gasteiger partial charge in [0.15, 0.2) is 0 Å². The average Bonchev–Trinajstić information content (AvgIpc) is 2.41. The van der Waals surface area contributed by atoms with Crippen molar-refractivity contribution < 1.29 is 4.74 Å². The van der Waals surface area contributed by atoms with Gasteiger partial charge in [-0.1, -0.05) is 6.92 Å². The van der Waals surface area contributed by atoms with E-state index in [9.17, 15) is 0 Å². The molecule has 0 saturated heterocycles. The van der Waals surface area contributed by atoms with Crippen molar-refractivity contribution in [2.45, 2.75) is 13.3 Å². The summed E-state index contributed by atoms with van der Waals surface area (Å²) in [6.07, 6.45) is 2.96. The van der Waals surface area contributed by atoms with E-state index in [0.29, 0.717) is 24.5 Å². The van der Waals surface area contributed by atoms with Crippen molar-refractivity contribution in [2.24, 2.45) is 5.84 Å². The fourth-order valence-corrected chi connectivity index (χ4v) is 1.62. The Morgan fingerprint density at radius 3 is 2.78 bits per heavy atom. The lowest BCUT2D eigenvalue weighted by Crippen LogP contribution is -2.24. The number of thioether (sulfide) groups is 1. The lowest BCUT2D eigenvalue weighted by atomic mass is 10.5. The first-order valence-corrected chi connectivity index (χ1v) is 7.16. The molecule has 0 saturated carbocycles. The third-order valence-corrected chi connectivity index (χ3v) is 2.73. The molecule has 0 aliphatic heterocycles. The standard InChI is InChI=1S/C10H20N6OS/c1-4-6-17-10-13-8(15-11)12-9(14-10)16(2)5-7-18-3/h4-7,11H2,1-3H3,(H,12,13,14,15). The normalized spacial score (nSPS) is 10.2. The van der Waals surface area contributed by atoms with Crippen molar-refractivity contribution in [3.63, 3.8) is 0 Å². The minimum atomic E-state index is 0.297. The largest absolute Gasteiger partial charge is 0.463 e. The van der Waals surface area contributed by atoms with E-state index in [4.69, 9.17) is 10.6 Å². The van der Waals surface area contributed by atoms with E-state index in [0.717, 1.165) is 18.7 Å². The number of anilines is 2. The van der Waals surface area contributed by atoms with E-state index < -0.39 is 0 Å². The monoisotopic (exact) mass is 272 g/mol. The second-order valence-electron chi connectivity index (χ2n) is 3.65.